The molecule has 1 unspecified atom stereocenters. The van der Waals surface area contributed by atoms with Crippen LogP contribution in [0.3, 0.4) is 0 Å². The maximum Gasteiger partial charge on any atom is 0.313 e. The molecule has 1 atom stereocenters. The third-order valence-electron chi connectivity index (χ3n) is 6.27. The Bertz CT molecular complexity index is 1110. The molecular formula is C25H35N3O4S2. The second-order valence-corrected chi connectivity index (χ2v) is 11.6. The van der Waals surface area contributed by atoms with E-state index in [2.05, 4.69) is 16.5 Å². The van der Waals surface area contributed by atoms with Crippen LogP contribution in [0.5, 0.6) is 0 Å². The molecule has 2 N–H and O–H groups in total. The lowest BCUT2D eigenvalue weighted by molar-refractivity contribution is -0.133. The van der Waals surface area contributed by atoms with E-state index in [1.165, 1.54) is 11.8 Å². The van der Waals surface area contributed by atoms with Gasteiger partial charge in [-0.05, 0) is 42.7 Å². The molecule has 34 heavy (non-hydrogen) atoms. The first-order valence-corrected chi connectivity index (χ1v) is 14.3. The molecule has 1 aliphatic heterocycles. The van der Waals surface area contributed by atoms with Gasteiger partial charge in [0.1, 0.15) is 4.90 Å². The van der Waals surface area contributed by atoms with Gasteiger partial charge >= 0.3 is 5.97 Å². The third kappa shape index (κ3) is 5.87. The summed E-state index contributed by atoms with van der Waals surface area (Å²) in [6.45, 7) is 4.68. The van der Waals surface area contributed by atoms with Crippen molar-refractivity contribution < 1.29 is 18.3 Å². The molecule has 3 rings (SSSR count). The van der Waals surface area contributed by atoms with Crippen molar-refractivity contribution >= 4 is 44.8 Å². The highest BCUT2D eigenvalue weighted by molar-refractivity contribution is 7.99. The molecule has 0 radical (unpaired) electrons. The number of carbonyl (C=O) groups is 1. The van der Waals surface area contributed by atoms with Crippen LogP contribution in [0, 0.1) is 0 Å². The summed E-state index contributed by atoms with van der Waals surface area (Å²) in [4.78, 5) is 15.3. The maximum absolute atomic E-state index is 13.8. The number of rotatable bonds is 10. The number of sulfonamides is 1. The van der Waals surface area contributed by atoms with Gasteiger partial charge in [-0.2, -0.15) is 0 Å². The van der Waals surface area contributed by atoms with Crippen molar-refractivity contribution in [3.05, 3.63) is 48.0 Å². The molecule has 0 amide bonds. The molecule has 0 spiro atoms. The Morgan fingerprint density at radius 2 is 1.91 bits per heavy atom. The highest BCUT2D eigenvalue weighted by Crippen LogP contribution is 2.42. The average Bonchev–Trinajstić information content (AvgIpc) is 2.90. The van der Waals surface area contributed by atoms with E-state index in [0.29, 0.717) is 24.4 Å². The number of hydrogen-bond donors (Lipinski definition) is 2. The zero-order valence-electron chi connectivity index (χ0n) is 20.4. The molecule has 186 valence electrons. The van der Waals surface area contributed by atoms with Crippen LogP contribution in [-0.2, 0) is 20.6 Å². The lowest BCUT2D eigenvalue weighted by atomic mass is 9.89. The predicted molar refractivity (Wildman–Crippen MR) is 141 cm³/mol. The largest absolute Gasteiger partial charge is 0.481 e. The van der Waals surface area contributed by atoms with Gasteiger partial charge in [0.05, 0.1) is 17.0 Å². The van der Waals surface area contributed by atoms with Gasteiger partial charge in [-0.25, -0.2) is 13.1 Å². The number of unbranched alkanes of at least 4 members (excludes halogenated alkanes) is 1. The number of para-hydroxylation sites is 1. The van der Waals surface area contributed by atoms with E-state index in [4.69, 9.17) is 5.11 Å². The summed E-state index contributed by atoms with van der Waals surface area (Å²) < 4.78 is 30.6. The second kappa shape index (κ2) is 11.0. The first-order valence-electron chi connectivity index (χ1n) is 11.6. The molecule has 0 fully saturated rings. The van der Waals surface area contributed by atoms with E-state index in [9.17, 15) is 13.2 Å². The highest BCUT2D eigenvalue weighted by Gasteiger charge is 2.41. The zero-order valence-corrected chi connectivity index (χ0v) is 22.0. The molecule has 1 heterocycles. The Kier molecular flexibility index (Phi) is 8.54. The third-order valence-corrected chi connectivity index (χ3v) is 8.84. The topological polar surface area (TPSA) is 90.0 Å². The Morgan fingerprint density at radius 1 is 1.21 bits per heavy atom. The highest BCUT2D eigenvalue weighted by atomic mass is 32.2. The van der Waals surface area contributed by atoms with Gasteiger partial charge in [0.2, 0.25) is 10.0 Å². The van der Waals surface area contributed by atoms with Gasteiger partial charge in [-0.1, -0.05) is 44.9 Å². The van der Waals surface area contributed by atoms with Crippen LogP contribution in [0.1, 0.15) is 45.1 Å². The molecule has 7 nitrogen and oxygen atoms in total. The predicted octanol–water partition coefficient (Wildman–Crippen LogP) is 4.84. The normalized spacial score (nSPS) is 19.4. The van der Waals surface area contributed by atoms with E-state index < -0.39 is 21.5 Å². The molecule has 0 aliphatic carbocycles. The Labute approximate surface area is 207 Å². The molecule has 9 heteroatoms. The molecule has 0 aromatic heterocycles. The Balaban J connectivity index is 2.22. The number of thioether (sulfide) groups is 1. The van der Waals surface area contributed by atoms with Crippen molar-refractivity contribution in [2.45, 2.75) is 55.7 Å². The Morgan fingerprint density at radius 3 is 2.50 bits per heavy atom. The fourth-order valence-electron chi connectivity index (χ4n) is 4.41. The molecule has 1 aliphatic rings. The van der Waals surface area contributed by atoms with Gasteiger partial charge in [-0.15, -0.1) is 11.8 Å². The van der Waals surface area contributed by atoms with Crippen molar-refractivity contribution in [3.63, 3.8) is 0 Å². The minimum Gasteiger partial charge on any atom is -0.481 e. The van der Waals surface area contributed by atoms with Gasteiger partial charge in [0.25, 0.3) is 0 Å². The van der Waals surface area contributed by atoms with Crippen molar-refractivity contribution in [1.82, 2.24) is 4.72 Å². The van der Waals surface area contributed by atoms with E-state index in [-0.39, 0.29) is 10.6 Å². The SMILES string of the molecule is CCCCC1(CC)CN(c2ccccc2)c2cc(N(C)C)c(CSCC(=O)O)cc2S(=O)(=O)N1. The quantitative estimate of drug-likeness (QED) is 0.478. The summed E-state index contributed by atoms with van der Waals surface area (Å²) in [6, 6.07) is 13.6. The minimum absolute atomic E-state index is 0.0406. The molecule has 0 saturated heterocycles. The number of carboxylic acids is 1. The fourth-order valence-corrected chi connectivity index (χ4v) is 6.87. The van der Waals surface area contributed by atoms with Crippen molar-refractivity contribution in [1.29, 1.82) is 0 Å². The van der Waals surface area contributed by atoms with Crippen LogP contribution in [0.25, 0.3) is 0 Å². The summed E-state index contributed by atoms with van der Waals surface area (Å²) in [6.07, 6.45) is 3.33. The van der Waals surface area contributed by atoms with Crippen LogP contribution in [0.4, 0.5) is 17.1 Å². The maximum atomic E-state index is 13.8. The lowest BCUT2D eigenvalue weighted by Gasteiger charge is -2.36. The fraction of sp³-hybridized carbons (Fsp3) is 0.480. The molecule has 2 aromatic carbocycles. The van der Waals surface area contributed by atoms with Gasteiger partial charge < -0.3 is 14.9 Å². The van der Waals surface area contributed by atoms with E-state index >= 15 is 0 Å². The Hall–Kier alpha value is -2.23. The van der Waals surface area contributed by atoms with Crippen molar-refractivity contribution in [3.8, 4) is 0 Å². The van der Waals surface area contributed by atoms with Crippen LogP contribution in [0.15, 0.2) is 47.4 Å². The summed E-state index contributed by atoms with van der Waals surface area (Å²) in [5.74, 6) is -0.525. The lowest BCUT2D eigenvalue weighted by Crippen LogP contribution is -2.52. The summed E-state index contributed by atoms with van der Waals surface area (Å²) in [5, 5.41) is 9.05. The van der Waals surface area contributed by atoms with Crippen LogP contribution >= 0.6 is 11.8 Å². The van der Waals surface area contributed by atoms with Gasteiger partial charge in [0, 0.05) is 37.8 Å². The van der Waals surface area contributed by atoms with Crippen LogP contribution < -0.4 is 14.5 Å². The van der Waals surface area contributed by atoms with E-state index in [0.717, 1.165) is 36.2 Å². The van der Waals surface area contributed by atoms with Crippen molar-refractivity contribution in [2.24, 2.45) is 0 Å². The zero-order chi connectivity index (χ0) is 24.9. The minimum atomic E-state index is -3.81. The monoisotopic (exact) mass is 505 g/mol. The summed E-state index contributed by atoms with van der Waals surface area (Å²) in [5.41, 5.74) is 2.66. The number of nitrogens with one attached hydrogen (secondary N) is 1. The number of nitrogens with zero attached hydrogens (tertiary/aromatic N) is 2. The summed E-state index contributed by atoms with van der Waals surface area (Å²) in [7, 11) is 0.0236. The van der Waals surface area contributed by atoms with Crippen LogP contribution in [0.2, 0.25) is 0 Å². The van der Waals surface area contributed by atoms with Crippen molar-refractivity contribution in [2.75, 3.05) is 36.2 Å². The number of anilines is 3. The van der Waals surface area contributed by atoms with E-state index in [1.54, 1.807) is 6.07 Å². The molecular weight excluding hydrogens is 470 g/mol. The van der Waals surface area contributed by atoms with Gasteiger partial charge in [-0.3, -0.25) is 4.79 Å². The number of hydrogen-bond acceptors (Lipinski definition) is 6. The molecule has 2 aromatic rings. The first-order chi connectivity index (χ1) is 16.1. The van der Waals surface area contributed by atoms with Gasteiger partial charge in [0.15, 0.2) is 0 Å². The smallest absolute Gasteiger partial charge is 0.313 e. The number of benzene rings is 2. The molecule has 0 saturated carbocycles. The number of aliphatic carboxylic acids is 1. The summed E-state index contributed by atoms with van der Waals surface area (Å²) >= 11 is 1.26. The van der Waals surface area contributed by atoms with E-state index in [1.807, 2.05) is 62.3 Å². The average molecular weight is 506 g/mol. The standard InChI is InChI=1S/C25H35N3O4S2/c1-5-7-13-25(6-2)18-28(20-11-9-8-10-12-20)22-15-21(27(3)4)19(16-33-17-24(29)30)14-23(22)34(31,32)26-25/h8-12,14-15,26H,5-7,13,16-18H2,1-4H3,(H,29,30). The molecule has 0 bridgehead atoms. The number of carboxylic acid groups (broad SMARTS) is 1. The first kappa shape index (κ1) is 26.4. The second-order valence-electron chi connectivity index (χ2n) is 8.99. The van der Waals surface area contributed by atoms with Crippen LogP contribution in [-0.4, -0.2) is 51.4 Å². The number of fused-ring (bicyclic) bond motifs is 1.